The minimum atomic E-state index is -3.13. The van der Waals surface area contributed by atoms with Gasteiger partial charge in [-0.2, -0.15) is 0 Å². The standard InChI is InChI=1S/C43H29N2O2P/c46-48(34-14-6-2-7-15-34,35-16-8-3-9-17-35)36-25-27-42-38(29-36)37-28-32(22-26-41(37)47-42)30-20-23-33(24-21-30)45-40-19-11-10-18-39(40)44-43(45)31-12-4-1-5-13-31/h1-29H. The van der Waals surface area contributed by atoms with Crippen LogP contribution >= 0.6 is 7.14 Å². The van der Waals surface area contributed by atoms with Gasteiger partial charge in [0.2, 0.25) is 0 Å². The van der Waals surface area contributed by atoms with E-state index in [4.69, 9.17) is 9.40 Å². The highest BCUT2D eigenvalue weighted by atomic mass is 31.2. The van der Waals surface area contributed by atoms with Crippen LogP contribution in [-0.2, 0) is 4.57 Å². The van der Waals surface area contributed by atoms with Crippen LogP contribution in [0.4, 0.5) is 0 Å². The first-order valence-electron chi connectivity index (χ1n) is 16.0. The molecule has 2 aromatic heterocycles. The van der Waals surface area contributed by atoms with E-state index in [-0.39, 0.29) is 0 Å². The van der Waals surface area contributed by atoms with Gasteiger partial charge in [-0.25, -0.2) is 4.98 Å². The highest BCUT2D eigenvalue weighted by molar-refractivity contribution is 7.85. The molecule has 0 aliphatic rings. The number of rotatable bonds is 6. The summed E-state index contributed by atoms with van der Waals surface area (Å²) in [7, 11) is -3.13. The second-order valence-electron chi connectivity index (χ2n) is 11.9. The molecule has 0 aliphatic carbocycles. The Kier molecular flexibility index (Phi) is 6.70. The Hall–Kier alpha value is -5.96. The van der Waals surface area contributed by atoms with Gasteiger partial charge in [0.1, 0.15) is 17.0 Å². The summed E-state index contributed by atoms with van der Waals surface area (Å²) in [4.78, 5) is 4.99. The first-order chi connectivity index (χ1) is 23.7. The van der Waals surface area contributed by atoms with E-state index in [2.05, 4.69) is 77.4 Å². The number of benzene rings is 7. The summed E-state index contributed by atoms with van der Waals surface area (Å²) in [5.74, 6) is 0.912. The van der Waals surface area contributed by atoms with Crippen LogP contribution in [-0.4, -0.2) is 9.55 Å². The fraction of sp³-hybridized carbons (Fsp3) is 0. The highest BCUT2D eigenvalue weighted by Crippen LogP contribution is 2.44. The molecule has 9 rings (SSSR count). The van der Waals surface area contributed by atoms with Crippen molar-refractivity contribution in [2.75, 3.05) is 0 Å². The monoisotopic (exact) mass is 636 g/mol. The van der Waals surface area contributed by atoms with Crippen LogP contribution in [0, 0.1) is 0 Å². The third-order valence-corrected chi connectivity index (χ3v) is 12.2. The van der Waals surface area contributed by atoms with Gasteiger partial charge in [-0.1, -0.05) is 121 Å². The summed E-state index contributed by atoms with van der Waals surface area (Å²) in [5.41, 5.74) is 7.88. The van der Waals surface area contributed by atoms with Crippen molar-refractivity contribution in [3.05, 3.63) is 176 Å². The fourth-order valence-corrected chi connectivity index (χ4v) is 9.41. The predicted octanol–water partition coefficient (Wildman–Crippen LogP) is 9.90. The Labute approximate surface area is 277 Å². The van der Waals surface area contributed by atoms with Gasteiger partial charge in [-0.15, -0.1) is 0 Å². The minimum Gasteiger partial charge on any atom is -0.456 e. The molecule has 0 unspecified atom stereocenters. The Balaban J connectivity index is 1.14. The lowest BCUT2D eigenvalue weighted by Crippen LogP contribution is -2.24. The van der Waals surface area contributed by atoms with Gasteiger partial charge < -0.3 is 8.98 Å². The van der Waals surface area contributed by atoms with Gasteiger partial charge in [0.05, 0.1) is 11.0 Å². The minimum absolute atomic E-state index is 0.773. The Morgan fingerprint density at radius 1 is 0.479 bits per heavy atom. The maximum Gasteiger partial charge on any atom is 0.171 e. The summed E-state index contributed by atoms with van der Waals surface area (Å²) in [5, 5.41) is 4.35. The van der Waals surface area contributed by atoms with Gasteiger partial charge in [-0.3, -0.25) is 4.57 Å². The molecule has 0 N–H and O–H groups in total. The number of nitrogens with zero attached hydrogens (tertiary/aromatic N) is 2. The van der Waals surface area contributed by atoms with E-state index in [1.54, 1.807) is 0 Å². The van der Waals surface area contributed by atoms with Gasteiger partial charge in [0.15, 0.2) is 7.14 Å². The maximum absolute atomic E-state index is 15.1. The van der Waals surface area contributed by atoms with Crippen molar-refractivity contribution in [3.63, 3.8) is 0 Å². The van der Waals surface area contributed by atoms with E-state index in [1.165, 1.54) is 0 Å². The lowest BCUT2D eigenvalue weighted by atomic mass is 10.0. The van der Waals surface area contributed by atoms with Crippen molar-refractivity contribution in [1.82, 2.24) is 9.55 Å². The van der Waals surface area contributed by atoms with Crippen molar-refractivity contribution in [1.29, 1.82) is 0 Å². The molecule has 4 nitrogen and oxygen atoms in total. The zero-order chi connectivity index (χ0) is 32.1. The molecule has 9 aromatic rings. The van der Waals surface area contributed by atoms with Crippen molar-refractivity contribution >= 4 is 56.0 Å². The average molecular weight is 637 g/mol. The summed E-state index contributed by atoms with van der Waals surface area (Å²) in [6.07, 6.45) is 0. The molecule has 0 radical (unpaired) electrons. The third kappa shape index (κ3) is 4.61. The average Bonchev–Trinajstić information content (AvgIpc) is 3.74. The van der Waals surface area contributed by atoms with Gasteiger partial charge in [0.25, 0.3) is 0 Å². The molecule has 0 aliphatic heterocycles. The number of imidazole rings is 1. The number of aromatic nitrogens is 2. The molecule has 0 amide bonds. The molecular weight excluding hydrogens is 607 g/mol. The number of hydrogen-bond acceptors (Lipinski definition) is 3. The van der Waals surface area contributed by atoms with Crippen molar-refractivity contribution < 1.29 is 8.98 Å². The maximum atomic E-state index is 15.1. The van der Waals surface area contributed by atoms with E-state index >= 15 is 4.57 Å². The smallest absolute Gasteiger partial charge is 0.171 e. The van der Waals surface area contributed by atoms with Gasteiger partial charge in [0, 0.05) is 37.9 Å². The summed E-state index contributed by atoms with van der Waals surface area (Å²) in [6.45, 7) is 0. The lowest BCUT2D eigenvalue weighted by Gasteiger charge is -2.20. The zero-order valence-corrected chi connectivity index (χ0v) is 26.8. The summed E-state index contributed by atoms with van der Waals surface area (Å²) >= 11 is 0. The second kappa shape index (κ2) is 11.4. The predicted molar refractivity (Wildman–Crippen MR) is 199 cm³/mol. The normalized spacial score (nSPS) is 11.8. The SMILES string of the molecule is O=P(c1ccccc1)(c1ccccc1)c1ccc2oc3ccc(-c4ccc(-n5c(-c6ccccc6)nc6ccccc65)cc4)cc3c2c1. The summed E-state index contributed by atoms with van der Waals surface area (Å²) < 4.78 is 23.6. The molecule has 5 heteroatoms. The number of fused-ring (bicyclic) bond motifs is 4. The highest BCUT2D eigenvalue weighted by Gasteiger charge is 2.30. The van der Waals surface area contributed by atoms with E-state index < -0.39 is 7.14 Å². The molecular formula is C43H29N2O2P. The van der Waals surface area contributed by atoms with E-state index in [1.807, 2.05) is 103 Å². The second-order valence-corrected chi connectivity index (χ2v) is 14.7. The topological polar surface area (TPSA) is 48.0 Å². The first-order valence-corrected chi connectivity index (χ1v) is 17.7. The van der Waals surface area contributed by atoms with Crippen LogP contribution in [0.25, 0.3) is 61.2 Å². The Morgan fingerprint density at radius 3 is 1.73 bits per heavy atom. The van der Waals surface area contributed by atoms with Crippen LogP contribution in [0.3, 0.4) is 0 Å². The molecule has 7 aromatic carbocycles. The molecule has 0 atom stereocenters. The number of para-hydroxylation sites is 2. The Bertz CT molecular complexity index is 2580. The van der Waals surface area contributed by atoms with Crippen molar-refractivity contribution in [2.45, 2.75) is 0 Å². The van der Waals surface area contributed by atoms with Crippen LogP contribution in [0.1, 0.15) is 0 Å². The van der Waals surface area contributed by atoms with Gasteiger partial charge >= 0.3 is 0 Å². The zero-order valence-electron chi connectivity index (χ0n) is 25.9. The first kappa shape index (κ1) is 28.3. The number of hydrogen-bond donors (Lipinski definition) is 0. The van der Waals surface area contributed by atoms with Crippen LogP contribution in [0.5, 0.6) is 0 Å². The fourth-order valence-electron chi connectivity index (χ4n) is 6.74. The molecule has 0 saturated carbocycles. The van der Waals surface area contributed by atoms with Crippen molar-refractivity contribution in [2.24, 2.45) is 0 Å². The van der Waals surface area contributed by atoms with Gasteiger partial charge in [-0.05, 0) is 65.7 Å². The largest absolute Gasteiger partial charge is 0.456 e. The molecule has 0 fully saturated rings. The Morgan fingerprint density at radius 2 is 1.04 bits per heavy atom. The quantitative estimate of drug-likeness (QED) is 0.171. The third-order valence-electron chi connectivity index (χ3n) is 9.11. The van der Waals surface area contributed by atoms with E-state index in [0.29, 0.717) is 0 Å². The number of furan rings is 1. The molecule has 0 spiro atoms. The van der Waals surface area contributed by atoms with Crippen LogP contribution < -0.4 is 15.9 Å². The van der Waals surface area contributed by atoms with Crippen LogP contribution in [0.2, 0.25) is 0 Å². The summed E-state index contributed by atoms with van der Waals surface area (Å²) in [6, 6.07) is 59.0. The van der Waals surface area contributed by atoms with Crippen LogP contribution in [0.15, 0.2) is 180 Å². The van der Waals surface area contributed by atoms with E-state index in [9.17, 15) is 0 Å². The molecule has 0 bridgehead atoms. The van der Waals surface area contributed by atoms with E-state index in [0.717, 1.165) is 77.1 Å². The molecule has 48 heavy (non-hydrogen) atoms. The lowest BCUT2D eigenvalue weighted by molar-refractivity contribution is 0.592. The van der Waals surface area contributed by atoms with Crippen molar-refractivity contribution in [3.8, 4) is 28.2 Å². The molecule has 2 heterocycles. The molecule has 228 valence electrons. The molecule has 0 saturated heterocycles.